The third-order valence-corrected chi connectivity index (χ3v) is 4.44. The molecule has 1 aliphatic rings. The van der Waals surface area contributed by atoms with Crippen molar-refractivity contribution in [2.24, 2.45) is 0 Å². The molecule has 5 heteroatoms. The summed E-state index contributed by atoms with van der Waals surface area (Å²) in [6.07, 6.45) is 5.29. The number of ether oxygens (including phenoxy) is 1. The fraction of sp³-hybridized carbons (Fsp3) is 0.263. The maximum Gasteiger partial charge on any atom is 0.139 e. The SMILES string of the molecule is CN1CCN(c2ccc(Oc3ccnc4ccncc34)cc2)CC1. The molecule has 122 valence electrons. The molecule has 3 heterocycles. The number of benzene rings is 1. The second-order valence-corrected chi connectivity index (χ2v) is 6.09. The summed E-state index contributed by atoms with van der Waals surface area (Å²) in [5, 5.41) is 0.920. The van der Waals surface area contributed by atoms with Crippen LogP contribution in [0.15, 0.2) is 55.0 Å². The second-order valence-electron chi connectivity index (χ2n) is 6.09. The van der Waals surface area contributed by atoms with Gasteiger partial charge in [0.15, 0.2) is 0 Å². The number of anilines is 1. The molecule has 0 atom stereocenters. The van der Waals surface area contributed by atoms with Gasteiger partial charge in [-0.3, -0.25) is 9.97 Å². The van der Waals surface area contributed by atoms with Crippen molar-refractivity contribution in [1.29, 1.82) is 0 Å². The Kier molecular flexibility index (Phi) is 4.01. The van der Waals surface area contributed by atoms with Crippen LogP contribution in [-0.2, 0) is 0 Å². The van der Waals surface area contributed by atoms with E-state index in [4.69, 9.17) is 4.74 Å². The van der Waals surface area contributed by atoms with Gasteiger partial charge in [-0.1, -0.05) is 0 Å². The highest BCUT2D eigenvalue weighted by atomic mass is 16.5. The van der Waals surface area contributed by atoms with Gasteiger partial charge in [-0.2, -0.15) is 0 Å². The molecule has 24 heavy (non-hydrogen) atoms. The van der Waals surface area contributed by atoms with E-state index in [2.05, 4.69) is 38.9 Å². The lowest BCUT2D eigenvalue weighted by Gasteiger charge is -2.34. The number of pyridine rings is 2. The van der Waals surface area contributed by atoms with Gasteiger partial charge in [0.2, 0.25) is 0 Å². The van der Waals surface area contributed by atoms with Gasteiger partial charge in [-0.15, -0.1) is 0 Å². The highest BCUT2D eigenvalue weighted by molar-refractivity contribution is 5.83. The molecule has 0 N–H and O–H groups in total. The molecule has 4 rings (SSSR count). The molecule has 0 spiro atoms. The molecular weight excluding hydrogens is 300 g/mol. The zero-order valence-corrected chi connectivity index (χ0v) is 13.7. The summed E-state index contributed by atoms with van der Waals surface area (Å²) in [7, 11) is 2.17. The van der Waals surface area contributed by atoms with Crippen molar-refractivity contribution < 1.29 is 4.74 Å². The van der Waals surface area contributed by atoms with Crippen molar-refractivity contribution in [3.05, 3.63) is 55.0 Å². The average molecular weight is 320 g/mol. The van der Waals surface area contributed by atoms with Crippen LogP contribution in [0.1, 0.15) is 0 Å². The predicted molar refractivity (Wildman–Crippen MR) is 95.8 cm³/mol. The quantitative estimate of drug-likeness (QED) is 0.741. The number of nitrogens with zero attached hydrogens (tertiary/aromatic N) is 4. The van der Waals surface area contributed by atoms with E-state index < -0.39 is 0 Å². The molecule has 1 fully saturated rings. The van der Waals surface area contributed by atoms with Crippen LogP contribution in [0.4, 0.5) is 5.69 Å². The van der Waals surface area contributed by atoms with Crippen LogP contribution in [0.5, 0.6) is 11.5 Å². The van der Waals surface area contributed by atoms with E-state index in [1.54, 1.807) is 18.6 Å². The van der Waals surface area contributed by atoms with E-state index in [-0.39, 0.29) is 0 Å². The number of hydrogen-bond acceptors (Lipinski definition) is 5. The van der Waals surface area contributed by atoms with E-state index in [9.17, 15) is 0 Å². The summed E-state index contributed by atoms with van der Waals surface area (Å²) < 4.78 is 6.04. The van der Waals surface area contributed by atoms with Gasteiger partial charge in [-0.25, -0.2) is 0 Å². The number of piperazine rings is 1. The average Bonchev–Trinajstić information content (AvgIpc) is 2.63. The zero-order valence-electron chi connectivity index (χ0n) is 13.7. The molecule has 5 nitrogen and oxygen atoms in total. The number of fused-ring (bicyclic) bond motifs is 1. The number of hydrogen-bond donors (Lipinski definition) is 0. The van der Waals surface area contributed by atoms with Gasteiger partial charge in [0.05, 0.1) is 10.9 Å². The number of aromatic nitrogens is 2. The minimum Gasteiger partial charge on any atom is -0.457 e. The lowest BCUT2D eigenvalue weighted by atomic mass is 10.2. The molecule has 0 unspecified atom stereocenters. The Morgan fingerprint density at radius 1 is 0.917 bits per heavy atom. The Labute approximate surface area is 141 Å². The predicted octanol–water partition coefficient (Wildman–Crippen LogP) is 3.17. The number of likely N-dealkylation sites (N-methyl/N-ethyl adjacent to an activating group) is 1. The van der Waals surface area contributed by atoms with Crippen molar-refractivity contribution in [3.8, 4) is 11.5 Å². The molecule has 3 aromatic rings. The largest absolute Gasteiger partial charge is 0.457 e. The van der Waals surface area contributed by atoms with Crippen LogP contribution in [0, 0.1) is 0 Å². The topological polar surface area (TPSA) is 41.5 Å². The fourth-order valence-corrected chi connectivity index (χ4v) is 2.97. The monoisotopic (exact) mass is 320 g/mol. The lowest BCUT2D eigenvalue weighted by Crippen LogP contribution is -2.44. The van der Waals surface area contributed by atoms with E-state index in [1.807, 2.05) is 24.3 Å². The van der Waals surface area contributed by atoms with E-state index >= 15 is 0 Å². The van der Waals surface area contributed by atoms with Gasteiger partial charge < -0.3 is 14.5 Å². The van der Waals surface area contributed by atoms with Gasteiger partial charge >= 0.3 is 0 Å². The van der Waals surface area contributed by atoms with Crippen LogP contribution >= 0.6 is 0 Å². The van der Waals surface area contributed by atoms with Crippen LogP contribution < -0.4 is 9.64 Å². The minimum absolute atomic E-state index is 0.778. The molecule has 0 amide bonds. The fourth-order valence-electron chi connectivity index (χ4n) is 2.97. The van der Waals surface area contributed by atoms with Gasteiger partial charge in [0.1, 0.15) is 11.5 Å². The van der Waals surface area contributed by atoms with Gasteiger partial charge in [0, 0.05) is 50.5 Å². The van der Waals surface area contributed by atoms with Crippen molar-refractivity contribution >= 4 is 16.6 Å². The maximum absolute atomic E-state index is 6.04. The summed E-state index contributed by atoms with van der Waals surface area (Å²) in [6.45, 7) is 4.34. The molecule has 0 saturated carbocycles. The Morgan fingerprint density at radius 3 is 2.50 bits per heavy atom. The molecule has 1 saturated heterocycles. The second kappa shape index (κ2) is 6.45. The van der Waals surface area contributed by atoms with E-state index in [1.165, 1.54) is 5.69 Å². The molecule has 2 aromatic heterocycles. The van der Waals surface area contributed by atoms with Crippen molar-refractivity contribution in [1.82, 2.24) is 14.9 Å². The molecule has 0 bridgehead atoms. The van der Waals surface area contributed by atoms with Crippen LogP contribution in [0.3, 0.4) is 0 Å². The molecule has 1 aromatic carbocycles. The standard InChI is InChI=1S/C19H20N4O/c1-22-10-12-23(13-11-22)15-2-4-16(5-3-15)24-19-7-9-21-18-6-8-20-14-17(18)19/h2-9,14H,10-13H2,1H3. The van der Waals surface area contributed by atoms with Crippen molar-refractivity contribution in [2.75, 3.05) is 38.1 Å². The first-order chi connectivity index (χ1) is 11.8. The van der Waals surface area contributed by atoms with Gasteiger partial charge in [-0.05, 0) is 43.4 Å². The van der Waals surface area contributed by atoms with E-state index in [0.717, 1.165) is 48.6 Å². The van der Waals surface area contributed by atoms with Crippen molar-refractivity contribution in [2.45, 2.75) is 0 Å². The Balaban J connectivity index is 1.53. The normalized spacial score (nSPS) is 15.6. The Bertz CT molecular complexity index is 821. The van der Waals surface area contributed by atoms with Gasteiger partial charge in [0.25, 0.3) is 0 Å². The summed E-state index contributed by atoms with van der Waals surface area (Å²) >= 11 is 0. The first kappa shape index (κ1) is 14.9. The lowest BCUT2D eigenvalue weighted by molar-refractivity contribution is 0.313. The first-order valence-electron chi connectivity index (χ1n) is 8.20. The van der Waals surface area contributed by atoms with E-state index in [0.29, 0.717) is 0 Å². The molecule has 0 aliphatic carbocycles. The summed E-state index contributed by atoms with van der Waals surface area (Å²) in [6, 6.07) is 12.1. The maximum atomic E-state index is 6.04. The summed E-state index contributed by atoms with van der Waals surface area (Å²) in [4.78, 5) is 13.3. The number of rotatable bonds is 3. The van der Waals surface area contributed by atoms with Crippen LogP contribution in [0.2, 0.25) is 0 Å². The summed E-state index contributed by atoms with van der Waals surface area (Å²) in [5.74, 6) is 1.60. The highest BCUT2D eigenvalue weighted by Crippen LogP contribution is 2.29. The Morgan fingerprint density at radius 2 is 1.71 bits per heavy atom. The molecular formula is C19H20N4O. The molecule has 0 radical (unpaired) electrons. The highest BCUT2D eigenvalue weighted by Gasteiger charge is 2.14. The van der Waals surface area contributed by atoms with Crippen molar-refractivity contribution in [3.63, 3.8) is 0 Å². The minimum atomic E-state index is 0.778. The third kappa shape index (κ3) is 3.03. The smallest absolute Gasteiger partial charge is 0.139 e. The first-order valence-corrected chi connectivity index (χ1v) is 8.20. The third-order valence-electron chi connectivity index (χ3n) is 4.44. The summed E-state index contributed by atoms with van der Waals surface area (Å²) in [5.41, 5.74) is 2.13. The molecule has 1 aliphatic heterocycles. The Hall–Kier alpha value is -2.66. The van der Waals surface area contributed by atoms with Crippen LogP contribution in [-0.4, -0.2) is 48.1 Å². The van der Waals surface area contributed by atoms with Crippen LogP contribution in [0.25, 0.3) is 10.9 Å². The zero-order chi connectivity index (χ0) is 16.4.